The summed E-state index contributed by atoms with van der Waals surface area (Å²) in [5.74, 6) is 0.953. The summed E-state index contributed by atoms with van der Waals surface area (Å²) in [4.78, 5) is 14.3. The van der Waals surface area contributed by atoms with Crippen molar-refractivity contribution >= 4 is 15.9 Å². The number of likely N-dealkylation sites (tertiary alicyclic amines) is 1. The summed E-state index contributed by atoms with van der Waals surface area (Å²) >= 11 is 0. The molecule has 23 heavy (non-hydrogen) atoms. The fourth-order valence-corrected chi connectivity index (χ4v) is 4.82. The summed E-state index contributed by atoms with van der Waals surface area (Å²) in [6, 6.07) is 10.0. The predicted octanol–water partition coefficient (Wildman–Crippen LogP) is 1.36. The number of hydrogen-bond donors (Lipinski definition) is 0. The quantitative estimate of drug-likeness (QED) is 0.816. The predicted molar refractivity (Wildman–Crippen MR) is 89.4 cm³/mol. The maximum Gasteiger partial charge on any atom is 0.222 e. The molecule has 1 aromatic carbocycles. The van der Waals surface area contributed by atoms with Crippen LogP contribution >= 0.6 is 0 Å². The van der Waals surface area contributed by atoms with Crippen LogP contribution in [0.4, 0.5) is 0 Å². The van der Waals surface area contributed by atoms with Gasteiger partial charge in [0.1, 0.15) is 0 Å². The van der Waals surface area contributed by atoms with Gasteiger partial charge in [-0.3, -0.25) is 4.79 Å². The molecule has 126 valence electrons. The Labute approximate surface area is 138 Å². The Kier molecular flexibility index (Phi) is 4.73. The van der Waals surface area contributed by atoms with E-state index in [1.54, 1.807) is 11.2 Å². The molecule has 0 aromatic heterocycles. The molecule has 2 fully saturated rings. The lowest BCUT2D eigenvalue weighted by molar-refractivity contribution is -0.130. The van der Waals surface area contributed by atoms with E-state index in [1.165, 1.54) is 5.56 Å². The standard InChI is InChI=1S/C17H24N2O3S/c1-2-23(21,22)19-12-15-10-18(11-16(15)13-19)17(20)9-8-14-6-4-3-5-7-14/h3-7,15-16H,2,8-13H2,1H3. The van der Waals surface area contributed by atoms with Crippen LogP contribution in [-0.2, 0) is 21.2 Å². The molecule has 2 unspecified atom stereocenters. The average molecular weight is 336 g/mol. The Morgan fingerprint density at radius 2 is 1.70 bits per heavy atom. The number of aryl methyl sites for hydroxylation is 1. The first-order valence-corrected chi connectivity index (χ1v) is 9.90. The number of carbonyl (C=O) groups is 1. The number of hydrogen-bond acceptors (Lipinski definition) is 3. The van der Waals surface area contributed by atoms with Crippen molar-refractivity contribution in [3.05, 3.63) is 35.9 Å². The molecule has 0 radical (unpaired) electrons. The van der Waals surface area contributed by atoms with Crippen LogP contribution in [0.5, 0.6) is 0 Å². The Hall–Kier alpha value is -1.40. The largest absolute Gasteiger partial charge is 0.342 e. The maximum absolute atomic E-state index is 12.4. The molecular formula is C17H24N2O3S. The van der Waals surface area contributed by atoms with Crippen LogP contribution in [0.3, 0.4) is 0 Å². The van der Waals surface area contributed by atoms with Gasteiger partial charge in [0.25, 0.3) is 0 Å². The summed E-state index contributed by atoms with van der Waals surface area (Å²) in [5.41, 5.74) is 1.18. The van der Waals surface area contributed by atoms with Gasteiger partial charge in [0.2, 0.25) is 15.9 Å². The topological polar surface area (TPSA) is 57.7 Å². The number of nitrogens with zero attached hydrogens (tertiary/aromatic N) is 2. The van der Waals surface area contributed by atoms with Crippen molar-refractivity contribution < 1.29 is 13.2 Å². The average Bonchev–Trinajstić information content (AvgIpc) is 3.13. The third-order valence-corrected chi connectivity index (χ3v) is 6.85. The smallest absolute Gasteiger partial charge is 0.222 e. The van der Waals surface area contributed by atoms with Crippen LogP contribution in [0, 0.1) is 11.8 Å². The van der Waals surface area contributed by atoms with E-state index in [0.29, 0.717) is 44.4 Å². The highest BCUT2D eigenvalue weighted by Crippen LogP contribution is 2.33. The second-order valence-corrected chi connectivity index (χ2v) is 8.78. The molecule has 3 rings (SSSR count). The zero-order valence-electron chi connectivity index (χ0n) is 13.5. The zero-order chi connectivity index (χ0) is 16.4. The lowest BCUT2D eigenvalue weighted by Crippen LogP contribution is -2.36. The van der Waals surface area contributed by atoms with Crippen LogP contribution < -0.4 is 0 Å². The first kappa shape index (κ1) is 16.5. The number of rotatable bonds is 5. The summed E-state index contributed by atoms with van der Waals surface area (Å²) in [5, 5.41) is 0. The summed E-state index contributed by atoms with van der Waals surface area (Å²) in [6.45, 7) is 4.23. The highest BCUT2D eigenvalue weighted by Gasteiger charge is 2.44. The SMILES string of the molecule is CCS(=O)(=O)N1CC2CN(C(=O)CCc3ccccc3)CC2C1. The van der Waals surface area contributed by atoms with Gasteiger partial charge in [-0.1, -0.05) is 30.3 Å². The molecule has 0 saturated carbocycles. The molecule has 6 heteroatoms. The van der Waals surface area contributed by atoms with Gasteiger partial charge in [0.05, 0.1) is 5.75 Å². The van der Waals surface area contributed by atoms with E-state index in [-0.39, 0.29) is 11.7 Å². The summed E-state index contributed by atoms with van der Waals surface area (Å²) < 4.78 is 25.5. The molecule has 1 amide bonds. The van der Waals surface area contributed by atoms with Crippen LogP contribution in [0.25, 0.3) is 0 Å². The minimum atomic E-state index is -3.09. The number of carbonyl (C=O) groups excluding carboxylic acids is 1. The van der Waals surface area contributed by atoms with Gasteiger partial charge in [0, 0.05) is 32.6 Å². The van der Waals surface area contributed by atoms with E-state index >= 15 is 0 Å². The van der Waals surface area contributed by atoms with Gasteiger partial charge in [-0.25, -0.2) is 12.7 Å². The fraction of sp³-hybridized carbons (Fsp3) is 0.588. The molecule has 0 aliphatic carbocycles. The van der Waals surface area contributed by atoms with Gasteiger partial charge in [-0.15, -0.1) is 0 Å². The van der Waals surface area contributed by atoms with Crippen LogP contribution in [0.15, 0.2) is 30.3 Å². The molecule has 1 aromatic rings. The van der Waals surface area contributed by atoms with Gasteiger partial charge < -0.3 is 4.90 Å². The molecule has 2 saturated heterocycles. The summed E-state index contributed by atoms with van der Waals surface area (Å²) in [6.07, 6.45) is 1.29. The van der Waals surface area contributed by atoms with Gasteiger partial charge in [-0.05, 0) is 30.7 Å². The van der Waals surface area contributed by atoms with Gasteiger partial charge in [0.15, 0.2) is 0 Å². The normalized spacial score (nSPS) is 24.8. The first-order chi connectivity index (χ1) is 11.0. The van der Waals surface area contributed by atoms with Gasteiger partial charge in [-0.2, -0.15) is 0 Å². The number of fused-ring (bicyclic) bond motifs is 1. The Morgan fingerprint density at radius 3 is 2.26 bits per heavy atom. The van der Waals surface area contributed by atoms with E-state index in [2.05, 4.69) is 0 Å². The lowest BCUT2D eigenvalue weighted by atomic mass is 10.0. The van der Waals surface area contributed by atoms with Crippen molar-refractivity contribution in [3.8, 4) is 0 Å². The van der Waals surface area contributed by atoms with Crippen LogP contribution in [0.2, 0.25) is 0 Å². The summed E-state index contributed by atoms with van der Waals surface area (Å²) in [7, 11) is -3.09. The molecule has 0 N–H and O–H groups in total. The van der Waals surface area contributed by atoms with Crippen molar-refractivity contribution in [2.24, 2.45) is 11.8 Å². The van der Waals surface area contributed by atoms with Crippen molar-refractivity contribution in [3.63, 3.8) is 0 Å². The molecule has 5 nitrogen and oxygen atoms in total. The Morgan fingerprint density at radius 1 is 1.09 bits per heavy atom. The van der Waals surface area contributed by atoms with E-state index in [0.717, 1.165) is 6.42 Å². The number of amides is 1. The molecular weight excluding hydrogens is 312 g/mol. The van der Waals surface area contributed by atoms with Crippen molar-refractivity contribution in [1.29, 1.82) is 0 Å². The fourth-order valence-electron chi connectivity index (χ4n) is 3.62. The van der Waals surface area contributed by atoms with Crippen molar-refractivity contribution in [1.82, 2.24) is 9.21 Å². The van der Waals surface area contributed by atoms with Crippen molar-refractivity contribution in [2.45, 2.75) is 19.8 Å². The highest BCUT2D eigenvalue weighted by atomic mass is 32.2. The molecule has 2 aliphatic heterocycles. The third kappa shape index (κ3) is 3.58. The molecule has 2 heterocycles. The highest BCUT2D eigenvalue weighted by molar-refractivity contribution is 7.89. The second kappa shape index (κ2) is 6.61. The number of sulfonamides is 1. The van der Waals surface area contributed by atoms with Crippen molar-refractivity contribution in [2.75, 3.05) is 31.9 Å². The Balaban J connectivity index is 1.51. The molecule has 0 spiro atoms. The van der Waals surface area contributed by atoms with E-state index in [4.69, 9.17) is 0 Å². The van der Waals surface area contributed by atoms with Crippen LogP contribution in [0.1, 0.15) is 18.9 Å². The lowest BCUT2D eigenvalue weighted by Gasteiger charge is -2.21. The maximum atomic E-state index is 12.4. The van der Waals surface area contributed by atoms with Crippen LogP contribution in [-0.4, -0.2) is 55.5 Å². The van der Waals surface area contributed by atoms with E-state index in [9.17, 15) is 13.2 Å². The Bertz CT molecular complexity index is 646. The van der Waals surface area contributed by atoms with E-state index in [1.807, 2.05) is 35.2 Å². The first-order valence-electron chi connectivity index (χ1n) is 8.29. The molecule has 2 atom stereocenters. The minimum Gasteiger partial charge on any atom is -0.342 e. The minimum absolute atomic E-state index is 0.159. The second-order valence-electron chi connectivity index (χ2n) is 6.52. The molecule has 0 bridgehead atoms. The van der Waals surface area contributed by atoms with E-state index < -0.39 is 10.0 Å². The zero-order valence-corrected chi connectivity index (χ0v) is 14.3. The van der Waals surface area contributed by atoms with Gasteiger partial charge >= 0.3 is 0 Å². The number of benzene rings is 1. The monoisotopic (exact) mass is 336 g/mol. The third-order valence-electron chi connectivity index (χ3n) is 5.03. The molecule has 2 aliphatic rings.